The Morgan fingerprint density at radius 2 is 1.38 bits per heavy atom. The van der Waals surface area contributed by atoms with Gasteiger partial charge in [-0.1, -0.05) is 6.07 Å². The van der Waals surface area contributed by atoms with E-state index in [4.69, 9.17) is 4.74 Å². The zero-order valence-electron chi connectivity index (χ0n) is 24.9. The lowest BCUT2D eigenvalue weighted by atomic mass is 9.92. The standard InChI is InChI=1S/C30H21BrF14N2O3/c1-2-50-12-4-11-47(25(49)15-7-9-16(10-8-15)27(34,35)36)21-6-3-5-18(22(21)32)24(48)46-23-19(28(37,38)39)13-17(14-20(23)31)26(33,29(40,41)42)30(43,44)45/h3,5-10,13-14H,2,4,11-12H2,1H3,(H,46,48). The van der Waals surface area contributed by atoms with Crippen molar-refractivity contribution in [1.29, 1.82) is 0 Å². The zero-order valence-corrected chi connectivity index (χ0v) is 26.5. The lowest BCUT2D eigenvalue weighted by Crippen LogP contribution is -2.50. The Morgan fingerprint density at radius 3 is 1.88 bits per heavy atom. The molecule has 0 radical (unpaired) electrons. The highest BCUT2D eigenvalue weighted by Crippen LogP contribution is 2.55. The first kappa shape index (κ1) is 40.5. The monoisotopic (exact) mass is 802 g/mol. The van der Waals surface area contributed by atoms with Crippen molar-refractivity contribution in [3.63, 3.8) is 0 Å². The van der Waals surface area contributed by atoms with Crippen LogP contribution in [0.15, 0.2) is 59.1 Å². The number of nitrogens with one attached hydrogen (secondary N) is 1. The van der Waals surface area contributed by atoms with Gasteiger partial charge in [0.05, 0.1) is 28.1 Å². The maximum absolute atomic E-state index is 15.9. The van der Waals surface area contributed by atoms with E-state index in [1.54, 1.807) is 12.2 Å². The van der Waals surface area contributed by atoms with Crippen molar-refractivity contribution >= 4 is 39.1 Å². The minimum absolute atomic E-state index is 0.00215. The number of amides is 2. The summed E-state index contributed by atoms with van der Waals surface area (Å²) in [7, 11) is 0. The summed E-state index contributed by atoms with van der Waals surface area (Å²) in [6.45, 7) is 1.49. The first-order valence-corrected chi connectivity index (χ1v) is 14.6. The predicted molar refractivity (Wildman–Crippen MR) is 153 cm³/mol. The Labute approximate surface area is 281 Å². The average Bonchev–Trinajstić information content (AvgIpc) is 2.99. The molecule has 0 aliphatic heterocycles. The Bertz CT molecular complexity index is 1690. The molecule has 3 aromatic carbocycles. The summed E-state index contributed by atoms with van der Waals surface area (Å²) >= 11 is 2.33. The molecule has 3 aromatic rings. The summed E-state index contributed by atoms with van der Waals surface area (Å²) in [5.74, 6) is -4.40. The maximum Gasteiger partial charge on any atom is 0.435 e. The van der Waals surface area contributed by atoms with Crippen molar-refractivity contribution in [2.75, 3.05) is 30.0 Å². The number of rotatable bonds is 10. The number of ether oxygens (including phenoxy) is 1. The highest BCUT2D eigenvalue weighted by molar-refractivity contribution is 9.10. The third-order valence-corrected chi connectivity index (χ3v) is 7.53. The molecule has 20 heteroatoms. The minimum atomic E-state index is -6.78. The second-order valence-corrected chi connectivity index (χ2v) is 11.1. The number of carbonyl (C=O) groups excluding carboxylic acids is 2. The van der Waals surface area contributed by atoms with Crippen LogP contribution in [0.5, 0.6) is 0 Å². The van der Waals surface area contributed by atoms with Crippen LogP contribution in [0.4, 0.5) is 72.8 Å². The zero-order chi connectivity index (χ0) is 38.0. The van der Waals surface area contributed by atoms with Crippen molar-refractivity contribution in [2.45, 2.75) is 43.7 Å². The molecule has 0 aliphatic rings. The number of halogens is 15. The summed E-state index contributed by atoms with van der Waals surface area (Å²) in [5.41, 5.74) is -16.0. The highest BCUT2D eigenvalue weighted by atomic mass is 79.9. The van der Waals surface area contributed by atoms with Crippen molar-refractivity contribution in [2.24, 2.45) is 0 Å². The quantitative estimate of drug-likeness (QED) is 0.164. The number of alkyl halides is 13. The Balaban J connectivity index is 2.10. The van der Waals surface area contributed by atoms with E-state index in [0.717, 1.165) is 24.3 Å². The van der Waals surface area contributed by atoms with Gasteiger partial charge in [-0.15, -0.1) is 0 Å². The van der Waals surface area contributed by atoms with Gasteiger partial charge in [-0.05, 0) is 77.8 Å². The molecule has 0 saturated carbocycles. The van der Waals surface area contributed by atoms with Gasteiger partial charge in [0.2, 0.25) is 0 Å². The van der Waals surface area contributed by atoms with Gasteiger partial charge in [0.25, 0.3) is 11.8 Å². The predicted octanol–water partition coefficient (Wildman–Crippen LogP) is 10.2. The molecule has 5 nitrogen and oxygen atoms in total. The fourth-order valence-corrected chi connectivity index (χ4v) is 5.05. The molecule has 2 amide bonds. The van der Waals surface area contributed by atoms with Gasteiger partial charge in [0.15, 0.2) is 5.82 Å². The topological polar surface area (TPSA) is 58.6 Å². The fourth-order valence-electron chi connectivity index (χ4n) is 4.49. The molecule has 0 bridgehead atoms. The smallest absolute Gasteiger partial charge is 0.382 e. The second-order valence-electron chi connectivity index (χ2n) is 10.2. The van der Waals surface area contributed by atoms with E-state index < -0.39 is 92.2 Å². The Kier molecular flexibility index (Phi) is 11.9. The summed E-state index contributed by atoms with van der Waals surface area (Å²) in [6.07, 6.45) is -24.1. The van der Waals surface area contributed by atoms with Gasteiger partial charge >= 0.3 is 30.4 Å². The summed E-state index contributed by atoms with van der Waals surface area (Å²) in [5, 5.41) is 1.55. The van der Waals surface area contributed by atoms with Crippen molar-refractivity contribution < 1.29 is 75.8 Å². The van der Waals surface area contributed by atoms with Crippen LogP contribution in [-0.2, 0) is 22.8 Å². The number of hydrogen-bond acceptors (Lipinski definition) is 3. The van der Waals surface area contributed by atoms with Gasteiger partial charge in [-0.2, -0.15) is 52.7 Å². The molecular formula is C30H21BrF14N2O3. The fraction of sp³-hybridized carbons (Fsp3) is 0.333. The van der Waals surface area contributed by atoms with Crippen molar-refractivity contribution in [1.82, 2.24) is 0 Å². The molecule has 3 rings (SSSR count). The molecule has 0 aromatic heterocycles. The molecular weight excluding hydrogens is 782 g/mol. The number of hydrogen-bond donors (Lipinski definition) is 1. The van der Waals surface area contributed by atoms with Crippen LogP contribution in [0.3, 0.4) is 0 Å². The molecule has 0 atom stereocenters. The molecule has 0 saturated heterocycles. The SMILES string of the molecule is CCOCCCN(C(=O)c1ccc(C(F)(F)F)cc1)c1cccc(C(=O)Nc2c(Br)cc(C(F)(C(F)(F)F)C(F)(F)F)cc2C(F)(F)F)c1F. The molecule has 0 unspecified atom stereocenters. The van der Waals surface area contributed by atoms with Crippen LogP contribution in [-0.4, -0.2) is 43.9 Å². The van der Waals surface area contributed by atoms with Gasteiger partial charge in [-0.3, -0.25) is 9.59 Å². The van der Waals surface area contributed by atoms with E-state index in [1.165, 1.54) is 0 Å². The largest absolute Gasteiger partial charge is 0.435 e. The van der Waals surface area contributed by atoms with E-state index in [1.807, 2.05) is 0 Å². The number of benzene rings is 3. The van der Waals surface area contributed by atoms with Crippen molar-refractivity contribution in [3.8, 4) is 0 Å². The van der Waals surface area contributed by atoms with Crippen LogP contribution >= 0.6 is 15.9 Å². The van der Waals surface area contributed by atoms with E-state index in [-0.39, 0.29) is 37.8 Å². The summed E-state index contributed by atoms with van der Waals surface area (Å²) < 4.78 is 195. The molecule has 0 fully saturated rings. The normalized spacial score (nSPS) is 13.0. The van der Waals surface area contributed by atoms with E-state index in [0.29, 0.717) is 23.1 Å². The van der Waals surface area contributed by atoms with Crippen LogP contribution < -0.4 is 10.2 Å². The van der Waals surface area contributed by atoms with Gasteiger partial charge in [0.1, 0.15) is 0 Å². The average molecular weight is 803 g/mol. The van der Waals surface area contributed by atoms with Crippen molar-refractivity contribution in [3.05, 3.63) is 92.7 Å². The van der Waals surface area contributed by atoms with Gasteiger partial charge in [0, 0.05) is 35.4 Å². The van der Waals surface area contributed by atoms with E-state index >= 15 is 4.39 Å². The molecule has 0 aliphatic carbocycles. The van der Waals surface area contributed by atoms with E-state index in [2.05, 4.69) is 15.9 Å². The van der Waals surface area contributed by atoms with Crippen LogP contribution in [0, 0.1) is 5.82 Å². The summed E-state index contributed by atoms with van der Waals surface area (Å²) in [6, 6.07) is 4.22. The molecule has 0 spiro atoms. The molecule has 274 valence electrons. The van der Waals surface area contributed by atoms with Gasteiger partial charge < -0.3 is 15.0 Å². The number of carbonyl (C=O) groups is 2. The molecule has 50 heavy (non-hydrogen) atoms. The third-order valence-electron chi connectivity index (χ3n) is 6.91. The number of nitrogens with zero attached hydrogens (tertiary/aromatic N) is 1. The second kappa shape index (κ2) is 14.7. The Hall–Kier alpha value is -3.94. The third kappa shape index (κ3) is 8.50. The Morgan fingerprint density at radius 1 is 0.800 bits per heavy atom. The molecule has 1 N–H and O–H groups in total. The number of anilines is 2. The first-order chi connectivity index (χ1) is 22.9. The van der Waals surface area contributed by atoms with Crippen LogP contribution in [0.25, 0.3) is 0 Å². The summed E-state index contributed by atoms with van der Waals surface area (Å²) in [4.78, 5) is 27.2. The lowest BCUT2D eigenvalue weighted by Gasteiger charge is -2.31. The lowest BCUT2D eigenvalue weighted by molar-refractivity contribution is -0.348. The van der Waals surface area contributed by atoms with Crippen LogP contribution in [0.2, 0.25) is 0 Å². The van der Waals surface area contributed by atoms with Crippen LogP contribution in [0.1, 0.15) is 50.8 Å². The minimum Gasteiger partial charge on any atom is -0.382 e. The maximum atomic E-state index is 15.9. The molecule has 0 heterocycles. The first-order valence-electron chi connectivity index (χ1n) is 13.8. The van der Waals surface area contributed by atoms with Gasteiger partial charge in [-0.25, -0.2) is 8.78 Å². The van der Waals surface area contributed by atoms with E-state index in [9.17, 15) is 66.7 Å². The highest BCUT2D eigenvalue weighted by Gasteiger charge is 2.73.